The summed E-state index contributed by atoms with van der Waals surface area (Å²) in [6.07, 6.45) is 3.45. The molecule has 3 nitrogen and oxygen atoms in total. The molecule has 0 fully saturated rings. The minimum atomic E-state index is 0.120. The third kappa shape index (κ3) is 6.61. The first kappa shape index (κ1) is 13.6. The van der Waals surface area contributed by atoms with Crippen LogP contribution in [0.15, 0.2) is 30.3 Å². The molecule has 1 aromatic carbocycles. The summed E-state index contributed by atoms with van der Waals surface area (Å²) in [7, 11) is 0. The van der Waals surface area contributed by atoms with Crippen LogP contribution in [0.25, 0.3) is 0 Å². The van der Waals surface area contributed by atoms with Crippen LogP contribution in [-0.4, -0.2) is 19.1 Å². The van der Waals surface area contributed by atoms with Gasteiger partial charge in [-0.25, -0.2) is 0 Å². The minimum Gasteiger partial charge on any atom is -0.494 e. The van der Waals surface area contributed by atoms with Crippen molar-refractivity contribution in [2.24, 2.45) is 0 Å². The predicted molar refractivity (Wildman–Crippen MR) is 69.1 cm³/mol. The monoisotopic (exact) mass is 235 g/mol. The van der Waals surface area contributed by atoms with E-state index in [4.69, 9.17) is 4.74 Å². The van der Waals surface area contributed by atoms with Gasteiger partial charge in [0.15, 0.2) is 0 Å². The Morgan fingerprint density at radius 2 is 2.00 bits per heavy atom. The summed E-state index contributed by atoms with van der Waals surface area (Å²) in [5, 5.41) is 2.89. The van der Waals surface area contributed by atoms with Crippen LogP contribution >= 0.6 is 0 Å². The molecule has 0 bridgehead atoms. The van der Waals surface area contributed by atoms with E-state index in [1.54, 1.807) is 0 Å². The van der Waals surface area contributed by atoms with Crippen molar-refractivity contribution in [3.8, 4) is 5.75 Å². The normalized spacial score (nSPS) is 9.94. The maximum absolute atomic E-state index is 11.4. The molecular weight excluding hydrogens is 214 g/mol. The fourth-order valence-electron chi connectivity index (χ4n) is 1.43. The number of ether oxygens (including phenoxy) is 1. The molecule has 0 aromatic heterocycles. The van der Waals surface area contributed by atoms with Crippen LogP contribution in [0.4, 0.5) is 0 Å². The molecule has 0 saturated heterocycles. The fourth-order valence-corrected chi connectivity index (χ4v) is 1.43. The van der Waals surface area contributed by atoms with Crippen LogP contribution in [0.2, 0.25) is 0 Å². The molecule has 3 heteroatoms. The Bertz CT molecular complexity index is 311. The maximum Gasteiger partial charge on any atom is 0.220 e. The largest absolute Gasteiger partial charge is 0.494 e. The summed E-state index contributed by atoms with van der Waals surface area (Å²) in [6, 6.07) is 9.66. The molecule has 1 rings (SSSR count). The molecule has 0 aliphatic rings. The van der Waals surface area contributed by atoms with Gasteiger partial charge in [-0.15, -0.1) is 0 Å². The maximum atomic E-state index is 11.4. The highest BCUT2D eigenvalue weighted by molar-refractivity contribution is 5.75. The number of rotatable bonds is 8. The standard InChI is InChI=1S/C14H21NO2/c1-2-3-11-15-14(16)10-7-12-17-13-8-5-4-6-9-13/h4-6,8-9H,2-3,7,10-12H2,1H3,(H,15,16). The Kier molecular flexibility index (Phi) is 6.87. The lowest BCUT2D eigenvalue weighted by atomic mass is 10.3. The van der Waals surface area contributed by atoms with E-state index >= 15 is 0 Å². The number of carbonyl (C=O) groups is 1. The minimum absolute atomic E-state index is 0.120. The second-order valence-electron chi connectivity index (χ2n) is 3.97. The highest BCUT2D eigenvalue weighted by Crippen LogP contribution is 2.08. The van der Waals surface area contributed by atoms with E-state index in [1.165, 1.54) is 0 Å². The van der Waals surface area contributed by atoms with Gasteiger partial charge in [-0.3, -0.25) is 4.79 Å². The van der Waals surface area contributed by atoms with Gasteiger partial charge in [0.25, 0.3) is 0 Å². The third-order valence-electron chi connectivity index (χ3n) is 2.41. The van der Waals surface area contributed by atoms with Crippen molar-refractivity contribution in [1.29, 1.82) is 0 Å². The first-order valence-electron chi connectivity index (χ1n) is 6.27. The molecule has 17 heavy (non-hydrogen) atoms. The van der Waals surface area contributed by atoms with E-state index in [9.17, 15) is 4.79 Å². The van der Waals surface area contributed by atoms with Crippen molar-refractivity contribution in [1.82, 2.24) is 5.32 Å². The molecular formula is C14H21NO2. The van der Waals surface area contributed by atoms with Crippen molar-refractivity contribution in [2.45, 2.75) is 32.6 Å². The topological polar surface area (TPSA) is 38.3 Å². The number of unbranched alkanes of at least 4 members (excludes halogenated alkanes) is 1. The van der Waals surface area contributed by atoms with Crippen LogP contribution in [-0.2, 0) is 4.79 Å². The summed E-state index contributed by atoms with van der Waals surface area (Å²) in [5.74, 6) is 0.981. The highest BCUT2D eigenvalue weighted by atomic mass is 16.5. The molecule has 0 saturated carbocycles. The number of nitrogens with one attached hydrogen (secondary N) is 1. The number of para-hydroxylation sites is 1. The Morgan fingerprint density at radius 3 is 2.71 bits per heavy atom. The molecule has 0 aliphatic heterocycles. The SMILES string of the molecule is CCCCNC(=O)CCCOc1ccccc1. The molecule has 0 spiro atoms. The van der Waals surface area contributed by atoms with Gasteiger partial charge in [0.05, 0.1) is 6.61 Å². The smallest absolute Gasteiger partial charge is 0.220 e. The van der Waals surface area contributed by atoms with Gasteiger partial charge in [-0.1, -0.05) is 31.5 Å². The number of hydrogen-bond donors (Lipinski definition) is 1. The van der Waals surface area contributed by atoms with Crippen molar-refractivity contribution < 1.29 is 9.53 Å². The van der Waals surface area contributed by atoms with Gasteiger partial charge in [-0.2, -0.15) is 0 Å². The summed E-state index contributed by atoms with van der Waals surface area (Å²) < 4.78 is 5.50. The summed E-state index contributed by atoms with van der Waals surface area (Å²) in [4.78, 5) is 11.4. The quantitative estimate of drug-likeness (QED) is 0.704. The zero-order valence-corrected chi connectivity index (χ0v) is 10.4. The number of hydrogen-bond acceptors (Lipinski definition) is 2. The van der Waals surface area contributed by atoms with Crippen LogP contribution < -0.4 is 10.1 Å². The van der Waals surface area contributed by atoms with Crippen LogP contribution in [0.1, 0.15) is 32.6 Å². The van der Waals surface area contributed by atoms with E-state index in [0.29, 0.717) is 13.0 Å². The number of amides is 1. The Morgan fingerprint density at radius 1 is 1.24 bits per heavy atom. The Hall–Kier alpha value is -1.51. The van der Waals surface area contributed by atoms with Crippen LogP contribution in [0.3, 0.4) is 0 Å². The van der Waals surface area contributed by atoms with Gasteiger partial charge >= 0.3 is 0 Å². The first-order chi connectivity index (χ1) is 8.33. The summed E-state index contributed by atoms with van der Waals surface area (Å²) in [6.45, 7) is 3.49. The number of benzene rings is 1. The van der Waals surface area contributed by atoms with E-state index in [2.05, 4.69) is 12.2 Å². The Balaban J connectivity index is 2.02. The van der Waals surface area contributed by atoms with Crippen molar-refractivity contribution >= 4 is 5.91 Å². The van der Waals surface area contributed by atoms with Crippen molar-refractivity contribution in [2.75, 3.05) is 13.2 Å². The molecule has 0 unspecified atom stereocenters. The highest BCUT2D eigenvalue weighted by Gasteiger charge is 2.00. The zero-order valence-electron chi connectivity index (χ0n) is 10.4. The summed E-state index contributed by atoms with van der Waals surface area (Å²) in [5.41, 5.74) is 0. The molecule has 0 radical (unpaired) electrons. The third-order valence-corrected chi connectivity index (χ3v) is 2.41. The molecule has 1 aromatic rings. The fraction of sp³-hybridized carbons (Fsp3) is 0.500. The molecule has 0 atom stereocenters. The second kappa shape index (κ2) is 8.62. The lowest BCUT2D eigenvalue weighted by Gasteiger charge is -2.06. The Labute approximate surface area is 103 Å². The van der Waals surface area contributed by atoms with Gasteiger partial charge < -0.3 is 10.1 Å². The molecule has 94 valence electrons. The van der Waals surface area contributed by atoms with Gasteiger partial charge in [0.2, 0.25) is 5.91 Å². The van der Waals surface area contributed by atoms with Crippen molar-refractivity contribution in [3.63, 3.8) is 0 Å². The van der Waals surface area contributed by atoms with Gasteiger partial charge in [0.1, 0.15) is 5.75 Å². The van der Waals surface area contributed by atoms with Gasteiger partial charge in [0, 0.05) is 13.0 Å². The average molecular weight is 235 g/mol. The van der Waals surface area contributed by atoms with Crippen LogP contribution in [0, 0.1) is 0 Å². The molecule has 1 amide bonds. The lowest BCUT2D eigenvalue weighted by molar-refractivity contribution is -0.121. The van der Waals surface area contributed by atoms with Crippen LogP contribution in [0.5, 0.6) is 5.75 Å². The van der Waals surface area contributed by atoms with E-state index in [1.807, 2.05) is 30.3 Å². The van der Waals surface area contributed by atoms with E-state index < -0.39 is 0 Å². The first-order valence-corrected chi connectivity index (χ1v) is 6.27. The predicted octanol–water partition coefficient (Wildman–Crippen LogP) is 2.76. The molecule has 0 heterocycles. The molecule has 1 N–H and O–H groups in total. The zero-order chi connectivity index (χ0) is 12.3. The number of carbonyl (C=O) groups excluding carboxylic acids is 1. The van der Waals surface area contributed by atoms with Crippen molar-refractivity contribution in [3.05, 3.63) is 30.3 Å². The second-order valence-corrected chi connectivity index (χ2v) is 3.97. The van der Waals surface area contributed by atoms with Gasteiger partial charge in [-0.05, 0) is 25.0 Å². The van der Waals surface area contributed by atoms with E-state index in [-0.39, 0.29) is 5.91 Å². The lowest BCUT2D eigenvalue weighted by Crippen LogP contribution is -2.24. The summed E-state index contributed by atoms with van der Waals surface area (Å²) >= 11 is 0. The molecule has 0 aliphatic carbocycles. The average Bonchev–Trinajstić information content (AvgIpc) is 2.36. The van der Waals surface area contributed by atoms with E-state index in [0.717, 1.165) is 31.6 Å².